The third kappa shape index (κ3) is 7.28. The van der Waals surface area contributed by atoms with Gasteiger partial charge >= 0.3 is 0 Å². The van der Waals surface area contributed by atoms with Crippen LogP contribution in [0.25, 0.3) is 0 Å². The van der Waals surface area contributed by atoms with Gasteiger partial charge in [0, 0.05) is 0 Å². The lowest BCUT2D eigenvalue weighted by Crippen LogP contribution is -2.23. The van der Waals surface area contributed by atoms with E-state index >= 15 is 0 Å². The van der Waals surface area contributed by atoms with E-state index in [1.165, 1.54) is 24.8 Å². The first-order chi connectivity index (χ1) is 9.90. The predicted molar refractivity (Wildman–Crippen MR) is 90.2 cm³/mol. The second kappa shape index (κ2) is 9.42. The Labute approximate surface area is 131 Å². The maximum Gasteiger partial charge on any atom is 0.0607 e. The van der Waals surface area contributed by atoms with Crippen molar-refractivity contribution in [2.24, 2.45) is 11.8 Å². The Morgan fingerprint density at radius 1 is 1.14 bits per heavy atom. The van der Waals surface area contributed by atoms with Gasteiger partial charge in [0.2, 0.25) is 0 Å². The molecule has 0 amide bonds. The second-order valence-corrected chi connectivity index (χ2v) is 7.13. The zero-order valence-corrected chi connectivity index (χ0v) is 14.1. The molecular formula is C19H34O2. The maximum atomic E-state index is 10.4. The summed E-state index contributed by atoms with van der Waals surface area (Å²) in [6, 6.07) is 0. The predicted octanol–water partition coefficient (Wildman–Crippen LogP) is 4.62. The summed E-state index contributed by atoms with van der Waals surface area (Å²) in [5.74, 6) is 0.810. The molecule has 0 saturated heterocycles. The number of aliphatic hydroxyl groups excluding tert-OH is 2. The number of hydrogen-bond donors (Lipinski definition) is 2. The van der Waals surface area contributed by atoms with Crippen LogP contribution in [0, 0.1) is 11.8 Å². The van der Waals surface area contributed by atoms with Gasteiger partial charge in [-0.05, 0) is 50.0 Å². The van der Waals surface area contributed by atoms with Crippen LogP contribution in [-0.4, -0.2) is 22.4 Å². The van der Waals surface area contributed by atoms with Gasteiger partial charge in [0.1, 0.15) is 0 Å². The van der Waals surface area contributed by atoms with Gasteiger partial charge in [-0.15, -0.1) is 0 Å². The first kappa shape index (κ1) is 18.4. The molecule has 0 bridgehead atoms. The van der Waals surface area contributed by atoms with E-state index < -0.39 is 0 Å². The van der Waals surface area contributed by atoms with Crippen molar-refractivity contribution in [2.75, 3.05) is 0 Å². The van der Waals surface area contributed by atoms with E-state index in [-0.39, 0.29) is 18.1 Å². The Hall–Kier alpha value is -0.600. The van der Waals surface area contributed by atoms with E-state index in [9.17, 15) is 10.2 Å². The van der Waals surface area contributed by atoms with E-state index in [0.717, 1.165) is 24.8 Å². The molecule has 0 spiro atoms. The number of allylic oxidation sites excluding steroid dienone is 2. The van der Waals surface area contributed by atoms with Crippen molar-refractivity contribution in [1.82, 2.24) is 0 Å². The van der Waals surface area contributed by atoms with Crippen LogP contribution in [0.2, 0.25) is 0 Å². The molecule has 0 aromatic rings. The molecule has 0 heterocycles. The molecule has 4 unspecified atom stereocenters. The van der Waals surface area contributed by atoms with E-state index in [4.69, 9.17) is 0 Å². The molecule has 0 fully saturated rings. The van der Waals surface area contributed by atoms with E-state index in [2.05, 4.69) is 19.6 Å². The van der Waals surface area contributed by atoms with Crippen molar-refractivity contribution in [2.45, 2.75) is 84.3 Å². The van der Waals surface area contributed by atoms with Gasteiger partial charge in [0.25, 0.3) is 0 Å². The zero-order valence-electron chi connectivity index (χ0n) is 14.1. The van der Waals surface area contributed by atoms with Crippen LogP contribution in [0.15, 0.2) is 23.8 Å². The van der Waals surface area contributed by atoms with Gasteiger partial charge in [-0.2, -0.15) is 0 Å². The molecule has 1 aliphatic carbocycles. The van der Waals surface area contributed by atoms with Gasteiger partial charge in [-0.1, -0.05) is 57.8 Å². The highest BCUT2D eigenvalue weighted by Crippen LogP contribution is 2.25. The minimum absolute atomic E-state index is 0.128. The fourth-order valence-corrected chi connectivity index (χ4v) is 3.07. The lowest BCUT2D eigenvalue weighted by molar-refractivity contribution is 0.0651. The summed E-state index contributed by atoms with van der Waals surface area (Å²) in [6.45, 7) is 10.4. The molecule has 0 aromatic heterocycles. The second-order valence-electron chi connectivity index (χ2n) is 7.13. The maximum absolute atomic E-state index is 10.4. The van der Waals surface area contributed by atoms with Crippen molar-refractivity contribution in [3.05, 3.63) is 23.8 Å². The summed E-state index contributed by atoms with van der Waals surface area (Å²) < 4.78 is 0. The summed E-state index contributed by atoms with van der Waals surface area (Å²) in [5.41, 5.74) is 2.24. The summed E-state index contributed by atoms with van der Waals surface area (Å²) in [6.07, 6.45) is 9.71. The van der Waals surface area contributed by atoms with Crippen LogP contribution in [0.5, 0.6) is 0 Å². The standard InChI is InChI=1S/C19H34O2/c1-14(2)17-11-10-15(3)8-6-5-7-9-18(20)12-16(4)19(21)13-17/h11,15-16,18-21H,1,5-10,12-13H2,2-4H3. The van der Waals surface area contributed by atoms with E-state index in [0.29, 0.717) is 18.8 Å². The molecule has 0 saturated carbocycles. The molecule has 122 valence electrons. The average Bonchev–Trinajstić information content (AvgIpc) is 2.41. The first-order valence-corrected chi connectivity index (χ1v) is 8.61. The molecule has 0 aromatic carbocycles. The van der Waals surface area contributed by atoms with Gasteiger partial charge in [0.15, 0.2) is 0 Å². The largest absolute Gasteiger partial charge is 0.393 e. The van der Waals surface area contributed by atoms with Gasteiger partial charge in [0.05, 0.1) is 12.2 Å². The molecule has 1 rings (SSSR count). The molecule has 4 atom stereocenters. The highest BCUT2D eigenvalue weighted by molar-refractivity contribution is 5.27. The highest BCUT2D eigenvalue weighted by atomic mass is 16.3. The minimum atomic E-state index is -0.388. The van der Waals surface area contributed by atoms with Gasteiger partial charge in [-0.3, -0.25) is 0 Å². The Kier molecular flexibility index (Phi) is 8.28. The Bertz CT molecular complexity index is 345. The average molecular weight is 294 g/mol. The van der Waals surface area contributed by atoms with Crippen LogP contribution in [0.4, 0.5) is 0 Å². The summed E-state index contributed by atoms with van der Waals surface area (Å²) in [5, 5.41) is 20.5. The fraction of sp³-hybridized carbons (Fsp3) is 0.789. The molecule has 1 aliphatic rings. The topological polar surface area (TPSA) is 40.5 Å². The fourth-order valence-electron chi connectivity index (χ4n) is 3.07. The van der Waals surface area contributed by atoms with E-state index in [1.54, 1.807) is 0 Å². The molecule has 2 heteroatoms. The molecule has 0 radical (unpaired) electrons. The number of rotatable bonds is 1. The van der Waals surface area contributed by atoms with Crippen molar-refractivity contribution in [3.8, 4) is 0 Å². The molecular weight excluding hydrogens is 260 g/mol. The third-order valence-electron chi connectivity index (χ3n) is 4.78. The quantitative estimate of drug-likeness (QED) is 0.741. The monoisotopic (exact) mass is 294 g/mol. The van der Waals surface area contributed by atoms with Gasteiger partial charge < -0.3 is 10.2 Å². The third-order valence-corrected chi connectivity index (χ3v) is 4.78. The smallest absolute Gasteiger partial charge is 0.0607 e. The lowest BCUT2D eigenvalue weighted by Gasteiger charge is -2.24. The van der Waals surface area contributed by atoms with Crippen LogP contribution in [0.1, 0.15) is 72.1 Å². The summed E-state index contributed by atoms with van der Waals surface area (Å²) in [4.78, 5) is 0. The molecule has 0 aliphatic heterocycles. The van der Waals surface area contributed by atoms with Crippen LogP contribution >= 0.6 is 0 Å². The zero-order chi connectivity index (χ0) is 15.8. The SMILES string of the molecule is C=C(C)C1=CCC(C)CCCCCC(O)CC(C)C(O)C1. The molecule has 2 nitrogen and oxygen atoms in total. The number of hydrogen-bond acceptors (Lipinski definition) is 2. The van der Waals surface area contributed by atoms with Crippen LogP contribution in [0.3, 0.4) is 0 Å². The normalized spacial score (nSPS) is 33.9. The Morgan fingerprint density at radius 2 is 1.81 bits per heavy atom. The summed E-state index contributed by atoms with van der Waals surface area (Å²) >= 11 is 0. The summed E-state index contributed by atoms with van der Waals surface area (Å²) in [7, 11) is 0. The van der Waals surface area contributed by atoms with Crippen molar-refractivity contribution >= 4 is 0 Å². The van der Waals surface area contributed by atoms with Crippen molar-refractivity contribution < 1.29 is 10.2 Å². The van der Waals surface area contributed by atoms with Crippen molar-refractivity contribution in [1.29, 1.82) is 0 Å². The Balaban J connectivity index is 2.77. The van der Waals surface area contributed by atoms with Crippen LogP contribution < -0.4 is 0 Å². The molecule has 2 N–H and O–H groups in total. The molecule has 21 heavy (non-hydrogen) atoms. The van der Waals surface area contributed by atoms with Crippen LogP contribution in [-0.2, 0) is 0 Å². The van der Waals surface area contributed by atoms with E-state index in [1.807, 2.05) is 13.8 Å². The number of aliphatic hydroxyl groups is 2. The van der Waals surface area contributed by atoms with Gasteiger partial charge in [-0.25, -0.2) is 0 Å². The van der Waals surface area contributed by atoms with Crippen molar-refractivity contribution in [3.63, 3.8) is 0 Å². The minimum Gasteiger partial charge on any atom is -0.393 e. The lowest BCUT2D eigenvalue weighted by atomic mass is 9.88. The Morgan fingerprint density at radius 3 is 2.48 bits per heavy atom. The first-order valence-electron chi connectivity index (χ1n) is 8.61. The highest BCUT2D eigenvalue weighted by Gasteiger charge is 2.20.